The van der Waals surface area contributed by atoms with Crippen LogP contribution in [0, 0.1) is 5.82 Å². The van der Waals surface area contributed by atoms with E-state index in [1.165, 1.54) is 32.4 Å². The average Bonchev–Trinajstić information content (AvgIpc) is 2.74. The quantitative estimate of drug-likeness (QED) is 0.797. The molecule has 148 valence electrons. The third-order valence-corrected chi connectivity index (χ3v) is 5.04. The highest BCUT2D eigenvalue weighted by molar-refractivity contribution is 6.01. The number of amides is 1. The molecule has 0 radical (unpaired) electrons. The molecule has 1 fully saturated rings. The minimum Gasteiger partial charge on any atom is -0.496 e. The molecule has 6 nitrogen and oxygen atoms in total. The number of rotatable bonds is 5. The lowest BCUT2D eigenvalue weighted by molar-refractivity contribution is -0.125. The van der Waals surface area contributed by atoms with Crippen molar-refractivity contribution in [2.45, 2.75) is 18.3 Å². The summed E-state index contributed by atoms with van der Waals surface area (Å²) in [5.41, 5.74) is 0.554. The van der Waals surface area contributed by atoms with Gasteiger partial charge in [-0.25, -0.2) is 9.18 Å². The maximum Gasteiger partial charge on any atom is 0.341 e. The van der Waals surface area contributed by atoms with E-state index in [9.17, 15) is 14.0 Å². The van der Waals surface area contributed by atoms with Crippen LogP contribution in [0.1, 0.15) is 28.8 Å². The molecule has 1 saturated heterocycles. The number of nitrogens with one attached hydrogen (secondary N) is 1. The zero-order valence-electron chi connectivity index (χ0n) is 15.8. The highest BCUT2D eigenvalue weighted by Gasteiger charge is 2.41. The number of ether oxygens (including phenoxy) is 3. The third-order valence-electron chi connectivity index (χ3n) is 5.04. The Balaban J connectivity index is 1.92. The van der Waals surface area contributed by atoms with Crippen LogP contribution in [-0.2, 0) is 19.7 Å². The van der Waals surface area contributed by atoms with Crippen LogP contribution >= 0.6 is 0 Å². The number of carbonyl (C=O) groups is 2. The molecule has 1 aliphatic rings. The topological polar surface area (TPSA) is 73.9 Å². The predicted octanol–water partition coefficient (Wildman–Crippen LogP) is 3.31. The fraction of sp³-hybridized carbons (Fsp3) is 0.333. The Bertz CT molecular complexity index is 860. The Kier molecular flexibility index (Phi) is 5.94. The summed E-state index contributed by atoms with van der Waals surface area (Å²) in [6.07, 6.45) is 0.953. The van der Waals surface area contributed by atoms with Gasteiger partial charge in [0.1, 0.15) is 17.1 Å². The van der Waals surface area contributed by atoms with Crippen LogP contribution < -0.4 is 10.1 Å². The van der Waals surface area contributed by atoms with Crippen molar-refractivity contribution in [3.05, 3.63) is 59.4 Å². The molecule has 1 N–H and O–H groups in total. The minimum atomic E-state index is -0.836. The Hall–Kier alpha value is -2.93. The molecule has 1 aliphatic heterocycles. The van der Waals surface area contributed by atoms with E-state index in [1.807, 2.05) is 0 Å². The van der Waals surface area contributed by atoms with Crippen LogP contribution in [0.15, 0.2) is 42.5 Å². The largest absolute Gasteiger partial charge is 0.496 e. The molecule has 0 spiro atoms. The Morgan fingerprint density at radius 2 is 1.75 bits per heavy atom. The van der Waals surface area contributed by atoms with E-state index in [2.05, 4.69) is 5.32 Å². The normalized spacial score (nSPS) is 15.5. The van der Waals surface area contributed by atoms with Gasteiger partial charge in [-0.2, -0.15) is 0 Å². The first-order chi connectivity index (χ1) is 13.5. The number of anilines is 1. The summed E-state index contributed by atoms with van der Waals surface area (Å²) in [6, 6.07) is 10.7. The SMILES string of the molecule is COC(=O)c1cc(NC(=O)C2(c3ccc(F)cc3)CCOCC2)ccc1OC. The van der Waals surface area contributed by atoms with Crippen LogP contribution in [-0.4, -0.2) is 39.3 Å². The van der Waals surface area contributed by atoms with E-state index in [0.29, 0.717) is 37.5 Å². The molecular formula is C21H22FNO5. The maximum atomic E-state index is 13.4. The van der Waals surface area contributed by atoms with Crippen molar-refractivity contribution >= 4 is 17.6 Å². The summed E-state index contributed by atoms with van der Waals surface area (Å²) in [4.78, 5) is 25.3. The summed E-state index contributed by atoms with van der Waals surface area (Å²) in [7, 11) is 2.73. The maximum absolute atomic E-state index is 13.4. The lowest BCUT2D eigenvalue weighted by Gasteiger charge is -2.36. The molecule has 2 aromatic carbocycles. The summed E-state index contributed by atoms with van der Waals surface area (Å²) >= 11 is 0. The number of hydrogen-bond donors (Lipinski definition) is 1. The molecule has 3 rings (SSSR count). The van der Waals surface area contributed by atoms with Crippen molar-refractivity contribution in [3.63, 3.8) is 0 Å². The molecule has 0 saturated carbocycles. The number of halogens is 1. The van der Waals surface area contributed by atoms with Crippen LogP contribution in [0.5, 0.6) is 5.75 Å². The standard InChI is InChI=1S/C21H22FNO5/c1-26-18-8-7-16(13-17(18)19(24)27-2)23-20(25)21(9-11-28-12-10-21)14-3-5-15(22)6-4-14/h3-8,13H,9-12H2,1-2H3,(H,23,25). The fourth-order valence-electron chi connectivity index (χ4n) is 3.44. The van der Waals surface area contributed by atoms with Gasteiger partial charge in [0.05, 0.1) is 19.6 Å². The van der Waals surface area contributed by atoms with E-state index >= 15 is 0 Å². The molecule has 0 unspecified atom stereocenters. The number of methoxy groups -OCH3 is 2. The van der Waals surface area contributed by atoms with Crippen molar-refractivity contribution in [1.29, 1.82) is 0 Å². The van der Waals surface area contributed by atoms with Crippen LogP contribution in [0.4, 0.5) is 10.1 Å². The van der Waals surface area contributed by atoms with Crippen LogP contribution in [0.3, 0.4) is 0 Å². The molecule has 2 aromatic rings. The summed E-state index contributed by atoms with van der Waals surface area (Å²) in [6.45, 7) is 0.863. The first-order valence-corrected chi connectivity index (χ1v) is 8.92. The lowest BCUT2D eigenvalue weighted by atomic mass is 9.73. The fourth-order valence-corrected chi connectivity index (χ4v) is 3.44. The van der Waals surface area contributed by atoms with E-state index in [4.69, 9.17) is 14.2 Å². The molecule has 1 amide bonds. The van der Waals surface area contributed by atoms with E-state index < -0.39 is 11.4 Å². The van der Waals surface area contributed by atoms with Gasteiger partial charge >= 0.3 is 5.97 Å². The van der Waals surface area contributed by atoms with Crippen LogP contribution in [0.25, 0.3) is 0 Å². The second kappa shape index (κ2) is 8.39. The van der Waals surface area contributed by atoms with Crippen LogP contribution in [0.2, 0.25) is 0 Å². The molecule has 0 aromatic heterocycles. The Labute approximate surface area is 162 Å². The van der Waals surface area contributed by atoms with E-state index in [-0.39, 0.29) is 17.3 Å². The van der Waals surface area contributed by atoms with Gasteiger partial charge in [-0.3, -0.25) is 4.79 Å². The first-order valence-electron chi connectivity index (χ1n) is 8.92. The molecule has 0 bridgehead atoms. The molecule has 1 heterocycles. The monoisotopic (exact) mass is 387 g/mol. The zero-order chi connectivity index (χ0) is 20.1. The Morgan fingerprint density at radius 1 is 1.07 bits per heavy atom. The molecule has 28 heavy (non-hydrogen) atoms. The van der Waals surface area contributed by atoms with Gasteiger partial charge in [0, 0.05) is 18.9 Å². The first kappa shape index (κ1) is 19.8. The Morgan fingerprint density at radius 3 is 2.36 bits per heavy atom. The van der Waals surface area contributed by atoms with Crippen molar-refractivity contribution in [2.75, 3.05) is 32.8 Å². The highest BCUT2D eigenvalue weighted by Crippen LogP contribution is 2.36. The minimum absolute atomic E-state index is 0.214. The van der Waals surface area contributed by atoms with Gasteiger partial charge in [0.15, 0.2) is 0 Å². The van der Waals surface area contributed by atoms with Gasteiger partial charge in [-0.05, 0) is 48.7 Å². The average molecular weight is 387 g/mol. The van der Waals surface area contributed by atoms with Gasteiger partial charge in [0.25, 0.3) is 0 Å². The number of esters is 1. The molecule has 0 atom stereocenters. The van der Waals surface area contributed by atoms with E-state index in [1.54, 1.807) is 24.3 Å². The van der Waals surface area contributed by atoms with Crippen molar-refractivity contribution < 1.29 is 28.2 Å². The second-order valence-corrected chi connectivity index (χ2v) is 6.56. The zero-order valence-corrected chi connectivity index (χ0v) is 15.8. The molecular weight excluding hydrogens is 365 g/mol. The van der Waals surface area contributed by atoms with Gasteiger partial charge < -0.3 is 19.5 Å². The highest BCUT2D eigenvalue weighted by atomic mass is 19.1. The molecule has 0 aliphatic carbocycles. The summed E-state index contributed by atoms with van der Waals surface area (Å²) in [5, 5.41) is 2.88. The van der Waals surface area contributed by atoms with Gasteiger partial charge in [-0.1, -0.05) is 12.1 Å². The number of hydrogen-bond acceptors (Lipinski definition) is 5. The van der Waals surface area contributed by atoms with Gasteiger partial charge in [-0.15, -0.1) is 0 Å². The number of benzene rings is 2. The van der Waals surface area contributed by atoms with Crippen molar-refractivity contribution in [2.24, 2.45) is 0 Å². The molecule has 7 heteroatoms. The third kappa shape index (κ3) is 3.84. The lowest BCUT2D eigenvalue weighted by Crippen LogP contribution is -2.44. The summed E-state index contributed by atoms with van der Waals surface area (Å²) in [5.74, 6) is -0.802. The smallest absolute Gasteiger partial charge is 0.341 e. The van der Waals surface area contributed by atoms with E-state index in [0.717, 1.165) is 5.56 Å². The van der Waals surface area contributed by atoms with Crippen molar-refractivity contribution in [1.82, 2.24) is 0 Å². The predicted molar refractivity (Wildman–Crippen MR) is 101 cm³/mol. The second-order valence-electron chi connectivity index (χ2n) is 6.56. The summed E-state index contributed by atoms with van der Waals surface area (Å²) < 4.78 is 28.8. The van der Waals surface area contributed by atoms with Crippen molar-refractivity contribution in [3.8, 4) is 5.75 Å². The number of carbonyl (C=O) groups excluding carboxylic acids is 2. The van der Waals surface area contributed by atoms with Gasteiger partial charge in [0.2, 0.25) is 5.91 Å².